The number of hydrogen-bond donors (Lipinski definition) is 1. The van der Waals surface area contributed by atoms with Gasteiger partial charge in [-0.15, -0.1) is 0 Å². The summed E-state index contributed by atoms with van der Waals surface area (Å²) in [5.41, 5.74) is 0.400. The number of fused-ring (bicyclic) bond motifs is 5. The monoisotopic (exact) mass is 356 g/mol. The molecule has 0 aliphatic heterocycles. The van der Waals surface area contributed by atoms with Crippen LogP contribution in [0.15, 0.2) is 66.7 Å². The van der Waals surface area contributed by atoms with Crippen LogP contribution in [0.5, 0.6) is 0 Å². The lowest BCUT2D eigenvalue weighted by atomic mass is 9.73. The van der Waals surface area contributed by atoms with Crippen LogP contribution in [0.2, 0.25) is 0 Å². The fraction of sp³-hybridized carbons (Fsp3) is 0.250. The second-order valence-corrected chi connectivity index (χ2v) is 8.12. The van der Waals surface area contributed by atoms with Crippen LogP contribution in [0.3, 0.4) is 0 Å². The average Bonchev–Trinajstić information content (AvgIpc) is 2.66. The minimum Gasteiger partial charge on any atom is -0.423 e. The molecule has 0 fully saturated rings. The van der Waals surface area contributed by atoms with Gasteiger partial charge in [0.05, 0.1) is 5.60 Å². The van der Waals surface area contributed by atoms with Crippen molar-refractivity contribution in [1.82, 2.24) is 0 Å². The van der Waals surface area contributed by atoms with Crippen molar-refractivity contribution in [3.63, 3.8) is 0 Å². The highest BCUT2D eigenvalue weighted by Crippen LogP contribution is 2.31. The molecule has 0 spiro atoms. The highest BCUT2D eigenvalue weighted by molar-refractivity contribution is 6.64. The predicted molar refractivity (Wildman–Crippen MR) is 117 cm³/mol. The summed E-state index contributed by atoms with van der Waals surface area (Å²) < 4.78 is 6.11. The van der Waals surface area contributed by atoms with Crippen molar-refractivity contribution < 1.29 is 9.68 Å². The van der Waals surface area contributed by atoms with Crippen molar-refractivity contribution in [1.29, 1.82) is 0 Å². The molecule has 0 aromatic heterocycles. The molecule has 0 aliphatic rings. The van der Waals surface area contributed by atoms with E-state index >= 15 is 0 Å². The van der Waals surface area contributed by atoms with E-state index in [4.69, 9.17) is 4.65 Å². The molecular formula is C24H25BO2. The summed E-state index contributed by atoms with van der Waals surface area (Å²) in [6, 6.07) is 23.1. The topological polar surface area (TPSA) is 29.5 Å². The average molecular weight is 356 g/mol. The first-order valence-corrected chi connectivity index (χ1v) is 9.57. The second-order valence-electron chi connectivity index (χ2n) is 8.12. The molecular weight excluding hydrogens is 331 g/mol. The van der Waals surface area contributed by atoms with Crippen molar-refractivity contribution >= 4 is 44.9 Å². The molecule has 0 saturated carbocycles. The molecule has 0 heterocycles. The highest BCUT2D eigenvalue weighted by atomic mass is 16.5. The zero-order valence-electron chi connectivity index (χ0n) is 16.4. The molecule has 4 rings (SSSR count). The van der Waals surface area contributed by atoms with E-state index in [-0.39, 0.29) is 0 Å². The summed E-state index contributed by atoms with van der Waals surface area (Å²) in [4.78, 5) is 0. The Balaban J connectivity index is 1.99. The summed E-state index contributed by atoms with van der Waals surface area (Å²) in [6.45, 7) is 8.27. The molecule has 0 amide bonds. The fourth-order valence-corrected chi connectivity index (χ4v) is 3.58. The quantitative estimate of drug-likeness (QED) is 0.398. The van der Waals surface area contributed by atoms with Crippen LogP contribution in [0.25, 0.3) is 32.3 Å². The Labute approximate surface area is 160 Å². The summed E-state index contributed by atoms with van der Waals surface area (Å²) in [5, 5.41) is 17.9. The SMILES string of the molecule is CC(C)C(C)(C)OB(O)c1cc2c3ccccc3ccc2c2ccccc12. The molecule has 27 heavy (non-hydrogen) atoms. The zero-order chi connectivity index (χ0) is 19.2. The van der Waals surface area contributed by atoms with Gasteiger partial charge in [-0.25, -0.2) is 0 Å². The first-order chi connectivity index (χ1) is 12.9. The van der Waals surface area contributed by atoms with Gasteiger partial charge in [0.2, 0.25) is 0 Å². The lowest BCUT2D eigenvalue weighted by molar-refractivity contribution is 0.0424. The minimum absolute atomic E-state index is 0.291. The lowest BCUT2D eigenvalue weighted by Crippen LogP contribution is -2.44. The van der Waals surface area contributed by atoms with Crippen molar-refractivity contribution in [3.05, 3.63) is 66.7 Å². The molecule has 0 atom stereocenters. The Bertz CT molecular complexity index is 1130. The number of hydrogen-bond acceptors (Lipinski definition) is 2. The van der Waals surface area contributed by atoms with Crippen molar-refractivity contribution in [2.45, 2.75) is 33.3 Å². The van der Waals surface area contributed by atoms with Crippen LogP contribution in [0, 0.1) is 5.92 Å². The molecule has 4 aromatic carbocycles. The summed E-state index contributed by atoms with van der Waals surface area (Å²) in [6.07, 6.45) is 0. The van der Waals surface area contributed by atoms with Gasteiger partial charge in [0, 0.05) is 0 Å². The summed E-state index contributed by atoms with van der Waals surface area (Å²) >= 11 is 0. The normalized spacial score (nSPS) is 12.4. The Kier molecular flexibility index (Phi) is 4.45. The molecule has 0 bridgehead atoms. The van der Waals surface area contributed by atoms with Crippen LogP contribution < -0.4 is 5.46 Å². The Hall–Kier alpha value is -2.36. The maximum absolute atomic E-state index is 11.0. The lowest BCUT2D eigenvalue weighted by Gasteiger charge is -2.31. The van der Waals surface area contributed by atoms with Gasteiger partial charge in [-0.3, -0.25) is 0 Å². The first-order valence-electron chi connectivity index (χ1n) is 9.57. The van der Waals surface area contributed by atoms with Crippen molar-refractivity contribution in [2.75, 3.05) is 0 Å². The van der Waals surface area contributed by atoms with Gasteiger partial charge in [-0.05, 0) is 57.5 Å². The Morgan fingerprint density at radius 1 is 0.778 bits per heavy atom. The summed E-state index contributed by atoms with van der Waals surface area (Å²) in [7, 11) is -0.976. The van der Waals surface area contributed by atoms with E-state index in [1.165, 1.54) is 16.2 Å². The Morgan fingerprint density at radius 3 is 2.07 bits per heavy atom. The van der Waals surface area contributed by atoms with Crippen LogP contribution in [-0.4, -0.2) is 17.7 Å². The zero-order valence-corrected chi connectivity index (χ0v) is 16.4. The van der Waals surface area contributed by atoms with E-state index in [1.807, 2.05) is 26.0 Å². The second kappa shape index (κ2) is 6.67. The van der Waals surface area contributed by atoms with Crippen LogP contribution in [0.1, 0.15) is 27.7 Å². The molecule has 2 nitrogen and oxygen atoms in total. The summed E-state index contributed by atoms with van der Waals surface area (Å²) in [5.74, 6) is 0.291. The molecule has 1 N–H and O–H groups in total. The van der Waals surface area contributed by atoms with Crippen molar-refractivity contribution in [2.24, 2.45) is 5.92 Å². The third-order valence-electron chi connectivity index (χ3n) is 5.87. The predicted octanol–water partition coefficient (Wildman–Crippen LogP) is 5.28. The highest BCUT2D eigenvalue weighted by Gasteiger charge is 2.31. The largest absolute Gasteiger partial charge is 0.492 e. The number of rotatable bonds is 4. The van der Waals surface area contributed by atoms with E-state index in [0.29, 0.717) is 5.92 Å². The van der Waals surface area contributed by atoms with Crippen LogP contribution in [-0.2, 0) is 4.65 Å². The molecule has 0 saturated heterocycles. The number of benzene rings is 4. The van der Waals surface area contributed by atoms with E-state index in [1.54, 1.807) is 0 Å². The van der Waals surface area contributed by atoms with Gasteiger partial charge in [-0.2, -0.15) is 0 Å². The first kappa shape index (κ1) is 18.0. The third-order valence-corrected chi connectivity index (χ3v) is 5.87. The molecule has 0 unspecified atom stereocenters. The van der Waals surface area contributed by atoms with Gasteiger partial charge < -0.3 is 9.68 Å². The Morgan fingerprint density at radius 2 is 1.37 bits per heavy atom. The molecule has 136 valence electrons. The fourth-order valence-electron chi connectivity index (χ4n) is 3.58. The molecule has 0 radical (unpaired) electrons. The van der Waals surface area contributed by atoms with Gasteiger partial charge >= 0.3 is 7.12 Å². The van der Waals surface area contributed by atoms with Crippen molar-refractivity contribution in [3.8, 4) is 0 Å². The maximum atomic E-state index is 11.0. The van der Waals surface area contributed by atoms with Gasteiger partial charge in [-0.1, -0.05) is 80.6 Å². The maximum Gasteiger partial charge on any atom is 0.492 e. The molecule has 3 heteroatoms. The standard InChI is InChI=1S/C24H25BO2/c1-16(2)24(3,4)27-25(26)23-15-22-18-10-6-5-9-17(18)13-14-20(22)19-11-7-8-12-21(19)23/h5-16,26H,1-4H3. The van der Waals surface area contributed by atoms with Gasteiger partial charge in [0.25, 0.3) is 0 Å². The van der Waals surface area contributed by atoms with Gasteiger partial charge in [0.1, 0.15) is 0 Å². The van der Waals surface area contributed by atoms with E-state index in [9.17, 15) is 5.02 Å². The van der Waals surface area contributed by atoms with Gasteiger partial charge in [0.15, 0.2) is 0 Å². The smallest absolute Gasteiger partial charge is 0.423 e. The molecule has 0 aliphatic carbocycles. The van der Waals surface area contributed by atoms with E-state index < -0.39 is 12.7 Å². The van der Waals surface area contributed by atoms with E-state index in [0.717, 1.165) is 21.6 Å². The van der Waals surface area contributed by atoms with Crippen LogP contribution >= 0.6 is 0 Å². The minimum atomic E-state index is -0.976. The molecule has 4 aromatic rings. The third kappa shape index (κ3) is 3.11. The van der Waals surface area contributed by atoms with Crippen LogP contribution in [0.4, 0.5) is 0 Å². The van der Waals surface area contributed by atoms with E-state index in [2.05, 4.69) is 68.4 Å².